The van der Waals surface area contributed by atoms with Crippen molar-refractivity contribution in [3.05, 3.63) is 94.3 Å². The lowest BCUT2D eigenvalue weighted by Gasteiger charge is -2.27. The van der Waals surface area contributed by atoms with Gasteiger partial charge in [-0.1, -0.05) is 30.3 Å². The molecule has 4 rings (SSSR count). The summed E-state index contributed by atoms with van der Waals surface area (Å²) in [6, 6.07) is 15.5. The highest BCUT2D eigenvalue weighted by Crippen LogP contribution is 2.31. The smallest absolute Gasteiger partial charge is 0.335 e. The number of hydrogen-bond donors (Lipinski definition) is 1. The molecule has 3 aromatic carbocycles. The minimum Gasteiger partial charge on any atom is -0.493 e. The third-order valence-electron chi connectivity index (χ3n) is 5.51. The van der Waals surface area contributed by atoms with Crippen LogP contribution < -0.4 is 19.7 Å². The van der Waals surface area contributed by atoms with Gasteiger partial charge < -0.3 is 9.47 Å². The van der Waals surface area contributed by atoms with Gasteiger partial charge in [0, 0.05) is 0 Å². The van der Waals surface area contributed by atoms with Crippen molar-refractivity contribution in [3.8, 4) is 11.5 Å². The van der Waals surface area contributed by atoms with Gasteiger partial charge in [-0.15, -0.1) is 0 Å². The molecule has 3 aromatic rings. The lowest BCUT2D eigenvalue weighted by Crippen LogP contribution is -2.54. The van der Waals surface area contributed by atoms with Gasteiger partial charge in [0.25, 0.3) is 11.8 Å². The number of halogens is 1. The molecule has 7 nitrogen and oxygen atoms in total. The Labute approximate surface area is 201 Å². The van der Waals surface area contributed by atoms with Gasteiger partial charge in [-0.3, -0.25) is 14.9 Å². The maximum absolute atomic E-state index is 13.2. The number of amides is 4. The molecule has 4 amide bonds. The largest absolute Gasteiger partial charge is 0.493 e. The molecule has 1 fully saturated rings. The van der Waals surface area contributed by atoms with E-state index in [0.29, 0.717) is 22.7 Å². The minimum atomic E-state index is -0.798. The van der Waals surface area contributed by atoms with E-state index in [1.807, 2.05) is 13.0 Å². The number of ether oxygens (including phenoxy) is 2. The second-order valence-corrected chi connectivity index (χ2v) is 8.07. The number of rotatable bonds is 6. The fourth-order valence-electron chi connectivity index (χ4n) is 3.64. The molecule has 1 saturated heterocycles. The molecule has 0 spiro atoms. The summed E-state index contributed by atoms with van der Waals surface area (Å²) in [5.74, 6) is -1.01. The first-order valence-electron chi connectivity index (χ1n) is 10.8. The summed E-state index contributed by atoms with van der Waals surface area (Å²) < 4.78 is 24.3. The minimum absolute atomic E-state index is 0.187. The Kier molecular flexibility index (Phi) is 6.64. The normalized spacial score (nSPS) is 14.8. The number of methoxy groups -OCH3 is 1. The van der Waals surface area contributed by atoms with Crippen LogP contribution in [0.4, 0.5) is 14.9 Å². The predicted octanol–water partition coefficient (Wildman–Crippen LogP) is 4.70. The number of imide groups is 2. The number of carbonyl (C=O) groups excluding carboxylic acids is 3. The zero-order valence-electron chi connectivity index (χ0n) is 19.4. The first kappa shape index (κ1) is 23.7. The van der Waals surface area contributed by atoms with E-state index in [1.165, 1.54) is 25.3 Å². The van der Waals surface area contributed by atoms with Gasteiger partial charge >= 0.3 is 6.03 Å². The maximum atomic E-state index is 13.2. The Balaban J connectivity index is 1.61. The van der Waals surface area contributed by atoms with Crippen LogP contribution in [0.15, 0.2) is 66.2 Å². The zero-order chi connectivity index (χ0) is 25.1. The Hall–Kier alpha value is -4.46. The molecular weight excluding hydrogens is 451 g/mol. The van der Waals surface area contributed by atoms with E-state index in [2.05, 4.69) is 5.32 Å². The molecule has 0 bridgehead atoms. The van der Waals surface area contributed by atoms with Crippen molar-refractivity contribution in [2.75, 3.05) is 12.0 Å². The molecule has 1 heterocycles. The second kappa shape index (κ2) is 9.80. The highest BCUT2D eigenvalue weighted by Gasteiger charge is 2.37. The lowest BCUT2D eigenvalue weighted by atomic mass is 10.0. The monoisotopic (exact) mass is 474 g/mol. The van der Waals surface area contributed by atoms with Crippen LogP contribution in [0.2, 0.25) is 0 Å². The Morgan fingerprint density at radius 3 is 2.40 bits per heavy atom. The van der Waals surface area contributed by atoms with Crippen LogP contribution in [0.3, 0.4) is 0 Å². The number of carbonyl (C=O) groups is 3. The molecule has 0 aliphatic carbocycles. The van der Waals surface area contributed by atoms with Crippen molar-refractivity contribution in [3.63, 3.8) is 0 Å². The Bertz CT molecular complexity index is 1350. The zero-order valence-corrected chi connectivity index (χ0v) is 19.4. The van der Waals surface area contributed by atoms with E-state index in [1.54, 1.807) is 49.4 Å². The van der Waals surface area contributed by atoms with Gasteiger partial charge in [0.1, 0.15) is 18.0 Å². The van der Waals surface area contributed by atoms with Crippen LogP contribution in [0.5, 0.6) is 11.5 Å². The van der Waals surface area contributed by atoms with Crippen molar-refractivity contribution in [2.45, 2.75) is 20.5 Å². The third kappa shape index (κ3) is 5.06. The van der Waals surface area contributed by atoms with Gasteiger partial charge in [0.2, 0.25) is 0 Å². The fraction of sp³-hybridized carbons (Fsp3) is 0.148. The highest BCUT2D eigenvalue weighted by atomic mass is 19.1. The van der Waals surface area contributed by atoms with Crippen LogP contribution >= 0.6 is 0 Å². The average Bonchev–Trinajstić information content (AvgIpc) is 2.83. The molecule has 0 radical (unpaired) electrons. The summed E-state index contributed by atoms with van der Waals surface area (Å²) in [6.45, 7) is 3.83. The van der Waals surface area contributed by atoms with E-state index < -0.39 is 17.8 Å². The highest BCUT2D eigenvalue weighted by molar-refractivity contribution is 6.39. The fourth-order valence-corrected chi connectivity index (χ4v) is 3.64. The van der Waals surface area contributed by atoms with Crippen LogP contribution in [0.25, 0.3) is 6.08 Å². The van der Waals surface area contributed by atoms with Crippen LogP contribution in [0.1, 0.15) is 22.3 Å². The van der Waals surface area contributed by atoms with E-state index >= 15 is 0 Å². The van der Waals surface area contributed by atoms with Crippen molar-refractivity contribution in [1.29, 1.82) is 0 Å². The number of benzene rings is 3. The van der Waals surface area contributed by atoms with Crippen molar-refractivity contribution < 1.29 is 28.2 Å². The van der Waals surface area contributed by atoms with Gasteiger partial charge in [0.05, 0.1) is 12.8 Å². The van der Waals surface area contributed by atoms with Crippen molar-refractivity contribution in [1.82, 2.24) is 5.32 Å². The van der Waals surface area contributed by atoms with Gasteiger partial charge in [0.15, 0.2) is 11.5 Å². The molecule has 0 saturated carbocycles. The number of aryl methyl sites for hydroxylation is 2. The van der Waals surface area contributed by atoms with E-state index in [4.69, 9.17) is 9.47 Å². The summed E-state index contributed by atoms with van der Waals surface area (Å²) in [7, 11) is 1.47. The number of nitrogens with one attached hydrogen (secondary N) is 1. The number of barbiturate groups is 1. The van der Waals surface area contributed by atoms with Crippen molar-refractivity contribution >= 4 is 29.6 Å². The molecule has 35 heavy (non-hydrogen) atoms. The third-order valence-corrected chi connectivity index (χ3v) is 5.51. The molecule has 0 unspecified atom stereocenters. The van der Waals surface area contributed by atoms with Gasteiger partial charge in [-0.05, 0) is 72.5 Å². The first-order valence-corrected chi connectivity index (χ1v) is 10.8. The number of nitrogens with zero attached hydrogens (tertiary/aromatic N) is 1. The van der Waals surface area contributed by atoms with Crippen LogP contribution in [-0.4, -0.2) is 25.0 Å². The molecule has 8 heteroatoms. The van der Waals surface area contributed by atoms with E-state index in [-0.39, 0.29) is 18.0 Å². The van der Waals surface area contributed by atoms with Crippen LogP contribution in [0, 0.1) is 19.7 Å². The van der Waals surface area contributed by atoms with Gasteiger partial charge in [-0.25, -0.2) is 14.1 Å². The summed E-state index contributed by atoms with van der Waals surface area (Å²) in [4.78, 5) is 39.2. The average molecular weight is 474 g/mol. The molecule has 1 aliphatic heterocycles. The number of urea groups is 1. The second-order valence-electron chi connectivity index (χ2n) is 8.07. The molecule has 178 valence electrons. The standard InChI is InChI=1S/C27H23FN2O5/c1-16-4-5-17(2)22(12-16)30-26(32)21(25(31)29-27(30)33)13-19-8-11-23(24(14-19)34-3)35-15-18-6-9-20(28)10-7-18/h4-14H,15H2,1-3H3,(H,29,31,33)/b21-13+. The first-order chi connectivity index (χ1) is 16.8. The molecular formula is C27H23FN2O5. The van der Waals surface area contributed by atoms with E-state index in [9.17, 15) is 18.8 Å². The van der Waals surface area contributed by atoms with Crippen LogP contribution in [-0.2, 0) is 16.2 Å². The Morgan fingerprint density at radius 2 is 1.69 bits per heavy atom. The number of hydrogen-bond acceptors (Lipinski definition) is 5. The summed E-state index contributed by atoms with van der Waals surface area (Å²) >= 11 is 0. The lowest BCUT2D eigenvalue weighted by molar-refractivity contribution is -0.122. The summed E-state index contributed by atoms with van der Waals surface area (Å²) in [5, 5.41) is 2.23. The SMILES string of the molecule is COc1cc(/C=C2\C(=O)NC(=O)N(c3cc(C)ccc3C)C2=O)ccc1OCc1ccc(F)cc1. The summed E-state index contributed by atoms with van der Waals surface area (Å²) in [6.07, 6.45) is 1.40. The predicted molar refractivity (Wildman–Crippen MR) is 129 cm³/mol. The molecule has 1 N–H and O–H groups in total. The van der Waals surface area contributed by atoms with E-state index in [0.717, 1.165) is 21.6 Å². The summed E-state index contributed by atoms with van der Waals surface area (Å²) in [5.41, 5.74) is 3.09. The molecule has 0 aromatic heterocycles. The van der Waals surface area contributed by atoms with Crippen molar-refractivity contribution in [2.24, 2.45) is 0 Å². The number of anilines is 1. The maximum Gasteiger partial charge on any atom is 0.335 e. The molecule has 1 aliphatic rings. The van der Waals surface area contributed by atoms with Gasteiger partial charge in [-0.2, -0.15) is 0 Å². The molecule has 0 atom stereocenters. The topological polar surface area (TPSA) is 84.9 Å². The quantitative estimate of drug-likeness (QED) is 0.414. The Morgan fingerprint density at radius 1 is 0.943 bits per heavy atom.